The lowest BCUT2D eigenvalue weighted by molar-refractivity contribution is -0.136. The highest BCUT2D eigenvalue weighted by Crippen LogP contribution is 2.34. The number of hydrogen-bond acceptors (Lipinski definition) is 3. The van der Waals surface area contributed by atoms with Crippen molar-refractivity contribution in [3.8, 4) is 0 Å². The molecule has 0 bridgehead atoms. The van der Waals surface area contributed by atoms with E-state index in [0.29, 0.717) is 6.04 Å². The number of alkyl halides is 3. The average molecular weight is 349 g/mol. The fourth-order valence-electron chi connectivity index (χ4n) is 2.98. The van der Waals surface area contributed by atoms with Gasteiger partial charge < -0.3 is 10.6 Å². The Hall–Kier alpha value is -2.57. The Morgan fingerprint density at radius 3 is 2.56 bits per heavy atom. The van der Waals surface area contributed by atoms with Gasteiger partial charge in [0.15, 0.2) is 0 Å². The fourth-order valence-corrected chi connectivity index (χ4v) is 2.98. The second kappa shape index (κ2) is 7.13. The molecule has 25 heavy (non-hydrogen) atoms. The van der Waals surface area contributed by atoms with Gasteiger partial charge in [-0.3, -0.25) is 9.78 Å². The minimum atomic E-state index is -4.54. The average Bonchev–Trinajstić information content (AvgIpc) is 3.07. The highest BCUT2D eigenvalue weighted by molar-refractivity contribution is 6.03. The van der Waals surface area contributed by atoms with Crippen molar-refractivity contribution in [1.82, 2.24) is 4.98 Å². The molecule has 1 aliphatic rings. The number of nitrogens with one attached hydrogen (secondary N) is 2. The topological polar surface area (TPSA) is 54.0 Å². The van der Waals surface area contributed by atoms with Gasteiger partial charge in [-0.05, 0) is 37.1 Å². The lowest BCUT2D eigenvalue weighted by atomic mass is 10.1. The van der Waals surface area contributed by atoms with Crippen LogP contribution in [-0.2, 0) is 6.18 Å². The number of carbonyl (C=O) groups is 1. The van der Waals surface area contributed by atoms with Crippen LogP contribution in [0.4, 0.5) is 24.5 Å². The molecule has 1 fully saturated rings. The molecule has 4 nitrogen and oxygen atoms in total. The van der Waals surface area contributed by atoms with E-state index in [1.807, 2.05) is 0 Å². The van der Waals surface area contributed by atoms with Crippen LogP contribution < -0.4 is 10.6 Å². The third-order valence-electron chi connectivity index (χ3n) is 4.20. The number of para-hydroxylation sites is 1. The Kier molecular flexibility index (Phi) is 4.92. The number of amides is 1. The minimum Gasteiger partial charge on any atom is -0.382 e. The van der Waals surface area contributed by atoms with Gasteiger partial charge in [-0.25, -0.2) is 0 Å². The molecular formula is C18H18F3N3O. The van der Waals surface area contributed by atoms with Crippen LogP contribution in [0.25, 0.3) is 0 Å². The van der Waals surface area contributed by atoms with Gasteiger partial charge in [-0.2, -0.15) is 13.2 Å². The van der Waals surface area contributed by atoms with Gasteiger partial charge in [-0.1, -0.05) is 25.0 Å². The first-order chi connectivity index (χ1) is 11.9. The van der Waals surface area contributed by atoms with Crippen molar-refractivity contribution in [3.63, 3.8) is 0 Å². The SMILES string of the molecule is O=C(Nc1ccccc1C(F)(F)F)c1cc(NC2CCCC2)ccn1. The van der Waals surface area contributed by atoms with Crippen LogP contribution >= 0.6 is 0 Å². The molecule has 7 heteroatoms. The van der Waals surface area contributed by atoms with Crippen LogP contribution in [-0.4, -0.2) is 16.9 Å². The van der Waals surface area contributed by atoms with Crippen molar-refractivity contribution in [2.75, 3.05) is 10.6 Å². The monoisotopic (exact) mass is 349 g/mol. The first-order valence-corrected chi connectivity index (χ1v) is 8.13. The van der Waals surface area contributed by atoms with Crippen molar-refractivity contribution in [3.05, 3.63) is 53.9 Å². The molecule has 0 aliphatic heterocycles. The maximum absolute atomic E-state index is 13.0. The fraction of sp³-hybridized carbons (Fsp3) is 0.333. The quantitative estimate of drug-likeness (QED) is 0.841. The van der Waals surface area contributed by atoms with Crippen LogP contribution in [0.3, 0.4) is 0 Å². The summed E-state index contributed by atoms with van der Waals surface area (Å²) in [6.07, 6.45) is 1.42. The van der Waals surface area contributed by atoms with Crippen LogP contribution in [0.5, 0.6) is 0 Å². The minimum absolute atomic E-state index is 0.0694. The Morgan fingerprint density at radius 1 is 1.12 bits per heavy atom. The van der Waals surface area contributed by atoms with Gasteiger partial charge in [0.25, 0.3) is 5.91 Å². The Bertz CT molecular complexity index is 755. The normalized spacial score (nSPS) is 15.2. The Morgan fingerprint density at radius 2 is 1.84 bits per heavy atom. The van der Waals surface area contributed by atoms with E-state index in [2.05, 4.69) is 15.6 Å². The van der Waals surface area contributed by atoms with Crippen molar-refractivity contribution in [1.29, 1.82) is 0 Å². The zero-order valence-corrected chi connectivity index (χ0v) is 13.4. The van der Waals surface area contributed by atoms with Gasteiger partial charge in [0.05, 0.1) is 11.3 Å². The van der Waals surface area contributed by atoms with Crippen molar-refractivity contribution in [2.24, 2.45) is 0 Å². The molecule has 1 aromatic carbocycles. The highest BCUT2D eigenvalue weighted by atomic mass is 19.4. The first-order valence-electron chi connectivity index (χ1n) is 8.13. The van der Waals surface area contributed by atoms with E-state index in [1.165, 1.54) is 37.2 Å². The number of anilines is 2. The molecule has 2 aromatic rings. The van der Waals surface area contributed by atoms with Crippen molar-refractivity contribution in [2.45, 2.75) is 37.9 Å². The number of benzene rings is 1. The number of hydrogen-bond donors (Lipinski definition) is 2. The smallest absolute Gasteiger partial charge is 0.382 e. The van der Waals surface area contributed by atoms with Gasteiger partial charge in [0.2, 0.25) is 0 Å². The zero-order chi connectivity index (χ0) is 17.9. The van der Waals surface area contributed by atoms with Gasteiger partial charge in [0, 0.05) is 17.9 Å². The summed E-state index contributed by atoms with van der Waals surface area (Å²) >= 11 is 0. The molecule has 132 valence electrons. The zero-order valence-electron chi connectivity index (χ0n) is 13.4. The lowest BCUT2D eigenvalue weighted by Crippen LogP contribution is -2.19. The molecule has 1 heterocycles. The Labute approximate surface area is 143 Å². The standard InChI is InChI=1S/C18H18F3N3O/c19-18(20,21)14-7-3-4-8-15(14)24-17(25)16-11-13(9-10-22-16)23-12-5-1-2-6-12/h3-4,7-12H,1-2,5-6H2,(H,22,23)(H,24,25). The first kappa shape index (κ1) is 17.3. The molecule has 1 saturated carbocycles. The molecule has 0 radical (unpaired) electrons. The molecule has 1 aliphatic carbocycles. The summed E-state index contributed by atoms with van der Waals surface area (Å²) in [5, 5.41) is 5.64. The summed E-state index contributed by atoms with van der Waals surface area (Å²) in [5.74, 6) is -0.674. The number of pyridine rings is 1. The number of nitrogens with zero attached hydrogens (tertiary/aromatic N) is 1. The third kappa shape index (κ3) is 4.29. The Balaban J connectivity index is 1.76. The van der Waals surface area contributed by atoms with Crippen LogP contribution in [0, 0.1) is 0 Å². The third-order valence-corrected chi connectivity index (χ3v) is 4.20. The number of aromatic nitrogens is 1. The summed E-state index contributed by atoms with van der Waals surface area (Å²) in [5.41, 5.74) is -0.351. The molecular weight excluding hydrogens is 331 g/mol. The summed E-state index contributed by atoms with van der Waals surface area (Å²) in [6.45, 7) is 0. The maximum Gasteiger partial charge on any atom is 0.418 e. The molecule has 0 unspecified atom stereocenters. The number of carbonyl (C=O) groups excluding carboxylic acids is 1. The van der Waals surface area contributed by atoms with Crippen LogP contribution in [0.15, 0.2) is 42.6 Å². The van der Waals surface area contributed by atoms with Crippen molar-refractivity contribution < 1.29 is 18.0 Å². The van der Waals surface area contributed by atoms with Gasteiger partial charge in [-0.15, -0.1) is 0 Å². The number of halogens is 3. The van der Waals surface area contributed by atoms with E-state index >= 15 is 0 Å². The molecule has 2 N–H and O–H groups in total. The summed E-state index contributed by atoms with van der Waals surface area (Å²) in [6, 6.07) is 8.55. The van der Waals surface area contributed by atoms with E-state index < -0.39 is 17.6 Å². The largest absolute Gasteiger partial charge is 0.418 e. The number of rotatable bonds is 4. The van der Waals surface area contributed by atoms with Crippen molar-refractivity contribution >= 4 is 17.3 Å². The molecule has 0 saturated heterocycles. The molecule has 3 rings (SSSR count). The van der Waals surface area contributed by atoms with Gasteiger partial charge in [0.1, 0.15) is 5.69 Å². The van der Waals surface area contributed by atoms with E-state index in [4.69, 9.17) is 0 Å². The predicted molar refractivity (Wildman–Crippen MR) is 89.5 cm³/mol. The van der Waals surface area contributed by atoms with Gasteiger partial charge >= 0.3 is 6.18 Å². The lowest BCUT2D eigenvalue weighted by Gasteiger charge is -2.15. The second-order valence-electron chi connectivity index (χ2n) is 6.05. The molecule has 1 aromatic heterocycles. The van der Waals surface area contributed by atoms with E-state index in [-0.39, 0.29) is 11.4 Å². The molecule has 0 atom stereocenters. The second-order valence-corrected chi connectivity index (χ2v) is 6.05. The molecule has 1 amide bonds. The summed E-state index contributed by atoms with van der Waals surface area (Å²) < 4.78 is 39.0. The van der Waals surface area contributed by atoms with Crippen LogP contribution in [0.1, 0.15) is 41.7 Å². The predicted octanol–water partition coefficient (Wildman–Crippen LogP) is 4.71. The van der Waals surface area contributed by atoms with Crippen LogP contribution in [0.2, 0.25) is 0 Å². The molecule has 0 spiro atoms. The van der Waals surface area contributed by atoms with E-state index in [0.717, 1.165) is 24.6 Å². The van der Waals surface area contributed by atoms with E-state index in [1.54, 1.807) is 12.1 Å². The highest BCUT2D eigenvalue weighted by Gasteiger charge is 2.33. The van der Waals surface area contributed by atoms with E-state index in [9.17, 15) is 18.0 Å². The summed E-state index contributed by atoms with van der Waals surface area (Å²) in [7, 11) is 0. The summed E-state index contributed by atoms with van der Waals surface area (Å²) in [4.78, 5) is 16.3. The maximum atomic E-state index is 13.0.